The van der Waals surface area contributed by atoms with Crippen LogP contribution in [0.25, 0.3) is 0 Å². The largest absolute Gasteiger partial charge is 0.375 e. The summed E-state index contributed by atoms with van der Waals surface area (Å²) in [6, 6.07) is 5.88. The summed E-state index contributed by atoms with van der Waals surface area (Å²) in [6.07, 6.45) is 1.11. The molecule has 0 aliphatic rings. The van der Waals surface area contributed by atoms with E-state index in [4.69, 9.17) is 4.74 Å². The van der Waals surface area contributed by atoms with Gasteiger partial charge in [0, 0.05) is 7.11 Å². The van der Waals surface area contributed by atoms with E-state index in [1.165, 1.54) is 25.3 Å². The van der Waals surface area contributed by atoms with Crippen LogP contribution >= 0.6 is 0 Å². The summed E-state index contributed by atoms with van der Waals surface area (Å²) >= 11 is 0. The summed E-state index contributed by atoms with van der Waals surface area (Å²) in [6.45, 7) is 0.200. The second-order valence-corrected chi connectivity index (χ2v) is 2.71. The van der Waals surface area contributed by atoms with E-state index in [0.717, 1.165) is 5.56 Å². The smallest absolute Gasteiger partial charge is 0.235 e. The maximum absolute atomic E-state index is 12.6. The second-order valence-electron chi connectivity index (χ2n) is 2.71. The normalized spacial score (nSPS) is 11.9. The first kappa shape index (κ1) is 10.6. The Hall–Kier alpha value is -1.51. The Bertz CT molecular complexity index is 330. The van der Waals surface area contributed by atoms with E-state index in [1.54, 1.807) is 12.1 Å². The average Bonchev–Trinajstić information content (AvgIpc) is 2.21. The van der Waals surface area contributed by atoms with Crippen molar-refractivity contribution in [2.75, 3.05) is 13.7 Å². The molecule has 0 aromatic heterocycles. The van der Waals surface area contributed by atoms with Gasteiger partial charge in [-0.25, -0.2) is 14.2 Å². The molecular weight excluding hydrogens is 185 g/mol. The lowest BCUT2D eigenvalue weighted by Crippen LogP contribution is -2.05. The van der Waals surface area contributed by atoms with Gasteiger partial charge in [-0.1, -0.05) is 12.1 Å². The van der Waals surface area contributed by atoms with Gasteiger partial charge in [0.15, 0.2) is 0 Å². The number of hydrogen-bond acceptors (Lipinski definition) is 3. The highest BCUT2D eigenvalue weighted by atomic mass is 19.1. The SMILES string of the molecule is COC(CN=C=O)c1ccc(F)cc1. The minimum Gasteiger partial charge on any atom is -0.375 e. The van der Waals surface area contributed by atoms with E-state index in [1.807, 2.05) is 0 Å². The van der Waals surface area contributed by atoms with Crippen molar-refractivity contribution in [2.45, 2.75) is 6.10 Å². The average molecular weight is 195 g/mol. The van der Waals surface area contributed by atoms with Crippen molar-refractivity contribution in [3.05, 3.63) is 35.6 Å². The van der Waals surface area contributed by atoms with Gasteiger partial charge in [0.25, 0.3) is 0 Å². The van der Waals surface area contributed by atoms with Gasteiger partial charge < -0.3 is 4.74 Å². The molecule has 1 aromatic carbocycles. The molecule has 0 amide bonds. The zero-order chi connectivity index (χ0) is 10.4. The highest BCUT2D eigenvalue weighted by molar-refractivity contribution is 5.33. The monoisotopic (exact) mass is 195 g/mol. The fourth-order valence-corrected chi connectivity index (χ4v) is 1.11. The molecule has 4 heteroatoms. The number of benzene rings is 1. The van der Waals surface area contributed by atoms with E-state index in [0.29, 0.717) is 0 Å². The lowest BCUT2D eigenvalue weighted by molar-refractivity contribution is 0.111. The lowest BCUT2D eigenvalue weighted by atomic mass is 10.1. The third-order valence-corrected chi connectivity index (χ3v) is 1.85. The molecule has 1 atom stereocenters. The molecule has 0 bridgehead atoms. The molecule has 0 N–H and O–H groups in total. The van der Waals surface area contributed by atoms with Gasteiger partial charge in [-0.15, -0.1) is 0 Å². The van der Waals surface area contributed by atoms with Crippen molar-refractivity contribution in [2.24, 2.45) is 4.99 Å². The van der Waals surface area contributed by atoms with E-state index in [2.05, 4.69) is 4.99 Å². The topological polar surface area (TPSA) is 38.7 Å². The van der Waals surface area contributed by atoms with Crippen molar-refractivity contribution in [1.82, 2.24) is 0 Å². The van der Waals surface area contributed by atoms with Gasteiger partial charge in [0.2, 0.25) is 6.08 Å². The second kappa shape index (κ2) is 5.27. The predicted molar refractivity (Wildman–Crippen MR) is 49.1 cm³/mol. The minimum atomic E-state index is -0.322. The number of nitrogens with zero attached hydrogens (tertiary/aromatic N) is 1. The fraction of sp³-hybridized carbons (Fsp3) is 0.300. The van der Waals surface area contributed by atoms with E-state index in [9.17, 15) is 9.18 Å². The number of ether oxygens (including phenoxy) is 1. The Morgan fingerprint density at radius 3 is 2.64 bits per heavy atom. The van der Waals surface area contributed by atoms with Crippen molar-refractivity contribution in [1.29, 1.82) is 0 Å². The zero-order valence-electron chi connectivity index (χ0n) is 7.74. The van der Waals surface area contributed by atoms with Gasteiger partial charge in [-0.3, -0.25) is 0 Å². The van der Waals surface area contributed by atoms with Gasteiger partial charge in [0.1, 0.15) is 11.9 Å². The van der Waals surface area contributed by atoms with Crippen molar-refractivity contribution >= 4 is 6.08 Å². The summed E-state index contributed by atoms with van der Waals surface area (Å²) < 4.78 is 17.7. The summed E-state index contributed by atoms with van der Waals surface area (Å²) in [5, 5.41) is 0. The molecule has 0 heterocycles. The molecule has 0 aliphatic carbocycles. The molecule has 0 aliphatic heterocycles. The molecule has 0 spiro atoms. The molecule has 14 heavy (non-hydrogen) atoms. The van der Waals surface area contributed by atoms with Crippen molar-refractivity contribution < 1.29 is 13.9 Å². The fourth-order valence-electron chi connectivity index (χ4n) is 1.11. The van der Waals surface area contributed by atoms with Gasteiger partial charge in [-0.05, 0) is 17.7 Å². The summed E-state index contributed by atoms with van der Waals surface area (Å²) in [5.41, 5.74) is 0.785. The quantitative estimate of drug-likeness (QED) is 0.543. The van der Waals surface area contributed by atoms with Crippen molar-refractivity contribution in [3.8, 4) is 0 Å². The molecule has 1 aromatic rings. The van der Waals surface area contributed by atoms with Crippen LogP contribution < -0.4 is 0 Å². The number of methoxy groups -OCH3 is 1. The number of aliphatic imine (C=N–C) groups is 1. The maximum Gasteiger partial charge on any atom is 0.235 e. The number of isocyanates is 1. The van der Waals surface area contributed by atoms with Crippen LogP contribution in [0.4, 0.5) is 4.39 Å². The van der Waals surface area contributed by atoms with Crippen LogP contribution in [0.15, 0.2) is 29.3 Å². The first-order chi connectivity index (χ1) is 6.77. The Balaban J connectivity index is 2.78. The standard InChI is InChI=1S/C10H10FNO2/c1-14-10(6-12-7-13)8-2-4-9(11)5-3-8/h2-5,10H,6H2,1H3. The minimum absolute atomic E-state index is 0.200. The van der Waals surface area contributed by atoms with Crippen LogP contribution in [0.5, 0.6) is 0 Å². The summed E-state index contributed by atoms with van der Waals surface area (Å²) in [5.74, 6) is -0.303. The van der Waals surface area contributed by atoms with E-state index < -0.39 is 0 Å². The molecule has 0 saturated carbocycles. The van der Waals surface area contributed by atoms with E-state index in [-0.39, 0.29) is 18.5 Å². The predicted octanol–water partition coefficient (Wildman–Crippen LogP) is 1.85. The molecule has 1 unspecified atom stereocenters. The van der Waals surface area contributed by atoms with Crippen LogP contribution in [0.1, 0.15) is 11.7 Å². The van der Waals surface area contributed by atoms with Gasteiger partial charge >= 0.3 is 0 Å². The van der Waals surface area contributed by atoms with Crippen LogP contribution in [-0.2, 0) is 9.53 Å². The lowest BCUT2D eigenvalue weighted by Gasteiger charge is -2.11. The van der Waals surface area contributed by atoms with Crippen LogP contribution in [0, 0.1) is 5.82 Å². The number of rotatable bonds is 4. The molecule has 1 rings (SSSR count). The molecule has 74 valence electrons. The third-order valence-electron chi connectivity index (χ3n) is 1.85. The molecule has 3 nitrogen and oxygen atoms in total. The summed E-state index contributed by atoms with van der Waals surface area (Å²) in [7, 11) is 1.51. The van der Waals surface area contributed by atoms with Crippen LogP contribution in [-0.4, -0.2) is 19.7 Å². The Labute approximate surface area is 81.2 Å². The highest BCUT2D eigenvalue weighted by Crippen LogP contribution is 2.16. The Morgan fingerprint density at radius 1 is 1.50 bits per heavy atom. The number of carbonyl (C=O) groups excluding carboxylic acids is 1. The van der Waals surface area contributed by atoms with Gasteiger partial charge in [-0.2, -0.15) is 0 Å². The molecular formula is C10H10FNO2. The van der Waals surface area contributed by atoms with Crippen LogP contribution in [0.2, 0.25) is 0 Å². The Morgan fingerprint density at radius 2 is 2.14 bits per heavy atom. The maximum atomic E-state index is 12.6. The van der Waals surface area contributed by atoms with Crippen LogP contribution in [0.3, 0.4) is 0 Å². The molecule has 0 saturated heterocycles. The first-order valence-electron chi connectivity index (χ1n) is 4.10. The number of halogens is 1. The zero-order valence-corrected chi connectivity index (χ0v) is 7.74. The highest BCUT2D eigenvalue weighted by Gasteiger charge is 2.09. The molecule has 0 radical (unpaired) electrons. The number of hydrogen-bond donors (Lipinski definition) is 0. The Kier molecular flexibility index (Phi) is 3.98. The van der Waals surface area contributed by atoms with Gasteiger partial charge in [0.05, 0.1) is 6.54 Å². The van der Waals surface area contributed by atoms with E-state index >= 15 is 0 Å². The first-order valence-corrected chi connectivity index (χ1v) is 4.10. The third kappa shape index (κ3) is 2.76. The molecule has 0 fully saturated rings. The summed E-state index contributed by atoms with van der Waals surface area (Å²) in [4.78, 5) is 13.3. The van der Waals surface area contributed by atoms with Crippen molar-refractivity contribution in [3.63, 3.8) is 0 Å².